The fraction of sp³-hybridized carbons (Fsp3) is 0.364. The van der Waals surface area contributed by atoms with Crippen molar-refractivity contribution in [2.24, 2.45) is 0 Å². The minimum Gasteiger partial charge on any atom is -0.424 e. The van der Waals surface area contributed by atoms with Crippen molar-refractivity contribution < 1.29 is 23.2 Å². The van der Waals surface area contributed by atoms with E-state index < -0.39 is 14.9 Å². The molecule has 9 nitrogen and oxygen atoms in total. The van der Waals surface area contributed by atoms with Gasteiger partial charge in [0.05, 0.1) is 23.7 Å². The average molecular weight is 494 g/mol. The molecule has 0 saturated carbocycles. The molecule has 0 saturated heterocycles. The van der Waals surface area contributed by atoms with Crippen molar-refractivity contribution in [3.05, 3.63) is 69.3 Å². The predicted octanol–water partition coefficient (Wildman–Crippen LogP) is 1.53. The Labute approximate surface area is 196 Å². The second-order valence-electron chi connectivity index (χ2n) is 7.36. The summed E-state index contributed by atoms with van der Waals surface area (Å²) in [5.41, 5.74) is 2.41. The van der Waals surface area contributed by atoms with Gasteiger partial charge in [-0.25, -0.2) is 13.1 Å². The molecule has 0 fully saturated rings. The summed E-state index contributed by atoms with van der Waals surface area (Å²) in [6.07, 6.45) is 1.05. The van der Waals surface area contributed by atoms with E-state index in [2.05, 4.69) is 10.0 Å². The summed E-state index contributed by atoms with van der Waals surface area (Å²) < 4.78 is 33.3. The Hall–Kier alpha value is -2.73. The number of ether oxygens (including phenoxy) is 1. The molecule has 0 aliphatic rings. The van der Waals surface area contributed by atoms with Gasteiger partial charge in [0.1, 0.15) is 5.52 Å². The molecule has 3 aromatic rings. The fourth-order valence-corrected chi connectivity index (χ4v) is 5.12. The van der Waals surface area contributed by atoms with E-state index in [9.17, 15) is 23.2 Å². The fourth-order valence-electron chi connectivity index (χ4n) is 3.21. The van der Waals surface area contributed by atoms with E-state index in [1.807, 2.05) is 36.4 Å². The number of nitrogens with zero attached hydrogens (tertiary/aromatic N) is 1. The van der Waals surface area contributed by atoms with Crippen LogP contribution in [0.1, 0.15) is 17.5 Å². The number of aromatic nitrogens is 1. The molecule has 1 heterocycles. The van der Waals surface area contributed by atoms with E-state index in [1.165, 1.54) is 0 Å². The van der Waals surface area contributed by atoms with Crippen LogP contribution < -0.4 is 14.9 Å². The summed E-state index contributed by atoms with van der Waals surface area (Å²) in [6.45, 7) is 1.20. The molecule has 1 amide bonds. The lowest BCUT2D eigenvalue weighted by molar-refractivity contribution is -0.120. The third-order valence-electron chi connectivity index (χ3n) is 4.93. The topological polar surface area (TPSA) is 127 Å². The van der Waals surface area contributed by atoms with E-state index >= 15 is 0 Å². The minimum absolute atomic E-state index is 0.149. The van der Waals surface area contributed by atoms with Crippen molar-refractivity contribution in [2.45, 2.75) is 19.3 Å². The zero-order valence-electron chi connectivity index (χ0n) is 18.0. The van der Waals surface area contributed by atoms with Gasteiger partial charge in [-0.3, -0.25) is 9.59 Å². The Morgan fingerprint density at radius 2 is 1.82 bits per heavy atom. The highest BCUT2D eigenvalue weighted by molar-refractivity contribution is 7.89. The molecule has 3 N–H and O–H groups in total. The Balaban J connectivity index is 1.31. The Bertz CT molecular complexity index is 1220. The van der Waals surface area contributed by atoms with Crippen LogP contribution in [0.25, 0.3) is 10.2 Å². The first-order valence-corrected chi connectivity index (χ1v) is 13.0. The molecule has 0 spiro atoms. The smallest absolute Gasteiger partial charge is 0.340 e. The van der Waals surface area contributed by atoms with Gasteiger partial charge < -0.3 is 15.3 Å². The number of amides is 1. The van der Waals surface area contributed by atoms with E-state index in [4.69, 9.17) is 4.74 Å². The first kappa shape index (κ1) is 24.9. The number of rotatable bonds is 13. The van der Waals surface area contributed by atoms with Crippen LogP contribution in [0.2, 0.25) is 0 Å². The van der Waals surface area contributed by atoms with E-state index in [1.54, 1.807) is 12.1 Å². The third kappa shape index (κ3) is 7.67. The quantitative estimate of drug-likeness (QED) is 0.245. The number of nitrogens with one attached hydrogen (secondary N) is 2. The summed E-state index contributed by atoms with van der Waals surface area (Å²) in [5, 5.41) is 12.4. The average Bonchev–Trinajstić information content (AvgIpc) is 3.10. The standard InChI is InChI=1S/C22H27N3O6S2/c26-20(23-12-9-18-7-4-8-19-21(18)32-22(27)25(19)28)11-16-33(29,30)24-13-15-31-14-10-17-5-2-1-3-6-17/h1-8,24,28H,9-16H2,(H,23,26). The van der Waals surface area contributed by atoms with E-state index in [0.717, 1.165) is 28.9 Å². The zero-order chi connectivity index (χ0) is 23.7. The lowest BCUT2D eigenvalue weighted by atomic mass is 10.1. The molecule has 0 bridgehead atoms. The molecule has 0 aliphatic carbocycles. The van der Waals surface area contributed by atoms with Gasteiger partial charge in [0.25, 0.3) is 0 Å². The molecular weight excluding hydrogens is 466 g/mol. The largest absolute Gasteiger partial charge is 0.424 e. The van der Waals surface area contributed by atoms with Gasteiger partial charge in [-0.15, -0.1) is 4.73 Å². The van der Waals surface area contributed by atoms with Gasteiger partial charge in [0, 0.05) is 19.5 Å². The predicted molar refractivity (Wildman–Crippen MR) is 127 cm³/mol. The molecule has 2 aromatic carbocycles. The summed E-state index contributed by atoms with van der Waals surface area (Å²) in [5.74, 6) is -0.687. The number of sulfonamides is 1. The molecular formula is C22H27N3O6S2. The van der Waals surface area contributed by atoms with Gasteiger partial charge in [0.2, 0.25) is 15.9 Å². The second-order valence-corrected chi connectivity index (χ2v) is 10.2. The molecule has 1 aromatic heterocycles. The zero-order valence-corrected chi connectivity index (χ0v) is 19.7. The first-order valence-electron chi connectivity index (χ1n) is 10.5. The maximum atomic E-state index is 12.1. The number of benzene rings is 2. The van der Waals surface area contributed by atoms with Crippen molar-refractivity contribution in [3.8, 4) is 0 Å². The van der Waals surface area contributed by atoms with Crippen LogP contribution in [0.15, 0.2) is 53.3 Å². The van der Waals surface area contributed by atoms with Crippen molar-refractivity contribution in [2.75, 3.05) is 32.1 Å². The van der Waals surface area contributed by atoms with Gasteiger partial charge in [-0.05, 0) is 30.0 Å². The molecule has 3 rings (SSSR count). The normalized spacial score (nSPS) is 11.6. The maximum Gasteiger partial charge on any atom is 0.340 e. The third-order valence-corrected chi connectivity index (χ3v) is 7.34. The van der Waals surface area contributed by atoms with Crippen LogP contribution in [0, 0.1) is 0 Å². The number of thiazole rings is 1. The highest BCUT2D eigenvalue weighted by Crippen LogP contribution is 2.21. The van der Waals surface area contributed by atoms with Gasteiger partial charge in [0.15, 0.2) is 0 Å². The number of carbonyl (C=O) groups is 1. The van der Waals surface area contributed by atoms with Crippen molar-refractivity contribution in [1.82, 2.24) is 14.8 Å². The molecule has 178 valence electrons. The van der Waals surface area contributed by atoms with Gasteiger partial charge in [-0.1, -0.05) is 53.8 Å². The molecule has 33 heavy (non-hydrogen) atoms. The van der Waals surface area contributed by atoms with Crippen molar-refractivity contribution in [1.29, 1.82) is 0 Å². The second kappa shape index (κ2) is 11.9. The monoisotopic (exact) mass is 493 g/mol. The summed E-state index contributed by atoms with van der Waals surface area (Å²) in [4.78, 5) is 23.2. The van der Waals surface area contributed by atoms with Crippen LogP contribution in [-0.2, 0) is 32.4 Å². The first-order chi connectivity index (χ1) is 15.9. The Morgan fingerprint density at radius 3 is 2.61 bits per heavy atom. The van der Waals surface area contributed by atoms with Crippen LogP contribution in [-0.4, -0.2) is 56.3 Å². The molecule has 0 aliphatic heterocycles. The molecule has 0 radical (unpaired) electrons. The number of fused-ring (bicyclic) bond motifs is 1. The van der Waals surface area contributed by atoms with Crippen LogP contribution >= 0.6 is 11.3 Å². The van der Waals surface area contributed by atoms with E-state index in [-0.39, 0.29) is 37.8 Å². The summed E-state index contributed by atoms with van der Waals surface area (Å²) in [6, 6.07) is 15.1. The highest BCUT2D eigenvalue weighted by atomic mass is 32.2. The number of carbonyl (C=O) groups excluding carboxylic acids is 1. The SMILES string of the molecule is O=C(CCS(=O)(=O)NCCOCCc1ccccc1)NCCc1cccc2c1sc(=O)n2O. The highest BCUT2D eigenvalue weighted by Gasteiger charge is 2.14. The van der Waals surface area contributed by atoms with Crippen LogP contribution in [0.4, 0.5) is 0 Å². The van der Waals surface area contributed by atoms with Crippen LogP contribution in [0.5, 0.6) is 0 Å². The molecule has 0 unspecified atom stereocenters. The minimum atomic E-state index is -3.58. The molecule has 11 heteroatoms. The van der Waals surface area contributed by atoms with Gasteiger partial charge in [-0.2, -0.15) is 0 Å². The Kier molecular flexibility index (Phi) is 9.01. The van der Waals surface area contributed by atoms with Gasteiger partial charge >= 0.3 is 4.87 Å². The van der Waals surface area contributed by atoms with Crippen molar-refractivity contribution >= 4 is 37.5 Å². The van der Waals surface area contributed by atoms with Crippen molar-refractivity contribution in [3.63, 3.8) is 0 Å². The lowest BCUT2D eigenvalue weighted by Crippen LogP contribution is -2.33. The van der Waals surface area contributed by atoms with E-state index in [0.29, 0.717) is 28.0 Å². The summed E-state index contributed by atoms with van der Waals surface area (Å²) in [7, 11) is -3.58. The number of hydrogen-bond acceptors (Lipinski definition) is 7. The van der Waals surface area contributed by atoms with Crippen LogP contribution in [0.3, 0.4) is 0 Å². The summed E-state index contributed by atoms with van der Waals surface area (Å²) >= 11 is 0.936. The maximum absolute atomic E-state index is 12.1. The Morgan fingerprint density at radius 1 is 1.03 bits per heavy atom. The lowest BCUT2D eigenvalue weighted by Gasteiger charge is -2.09. The molecule has 0 atom stereocenters. The number of hydrogen-bond donors (Lipinski definition) is 3.